The summed E-state index contributed by atoms with van der Waals surface area (Å²) in [6, 6.07) is 7.54. The Labute approximate surface area is 102 Å². The second-order valence-electron chi connectivity index (χ2n) is 3.82. The van der Waals surface area contributed by atoms with E-state index >= 15 is 0 Å². The maximum Gasteiger partial charge on any atom is 0.130 e. The van der Waals surface area contributed by atoms with Crippen molar-refractivity contribution in [2.24, 2.45) is 7.05 Å². The Kier molecular flexibility index (Phi) is 2.82. The first-order valence-electron chi connectivity index (χ1n) is 4.85. The van der Waals surface area contributed by atoms with Crippen LogP contribution in [0.3, 0.4) is 0 Å². The number of benzene rings is 1. The zero-order valence-electron chi connectivity index (χ0n) is 9.05. The molecule has 0 saturated carbocycles. The molecule has 16 heavy (non-hydrogen) atoms. The molecule has 0 aliphatic rings. The van der Waals surface area contributed by atoms with Crippen LogP contribution < -0.4 is 0 Å². The number of aliphatic hydroxyl groups is 1. The number of aromatic nitrogens is 3. The quantitative estimate of drug-likeness (QED) is 0.914. The fourth-order valence-electron chi connectivity index (χ4n) is 1.65. The van der Waals surface area contributed by atoms with Crippen molar-refractivity contribution in [3.8, 4) is 0 Å². The van der Waals surface area contributed by atoms with Crippen LogP contribution in [0.25, 0.3) is 0 Å². The van der Waals surface area contributed by atoms with Crippen molar-refractivity contribution >= 4 is 15.9 Å². The van der Waals surface area contributed by atoms with Crippen molar-refractivity contribution in [3.63, 3.8) is 0 Å². The zero-order valence-corrected chi connectivity index (χ0v) is 10.6. The molecule has 84 valence electrons. The van der Waals surface area contributed by atoms with Crippen LogP contribution in [0, 0.1) is 0 Å². The average Bonchev–Trinajstić information content (AvgIpc) is 2.66. The summed E-state index contributed by atoms with van der Waals surface area (Å²) in [6.45, 7) is 1.73. The summed E-state index contributed by atoms with van der Waals surface area (Å²) >= 11 is 3.36. The van der Waals surface area contributed by atoms with Gasteiger partial charge in [0.25, 0.3) is 0 Å². The Morgan fingerprint density at radius 1 is 1.31 bits per heavy atom. The lowest BCUT2D eigenvalue weighted by atomic mass is 9.93. The number of nitrogens with zero attached hydrogens (tertiary/aromatic N) is 3. The van der Waals surface area contributed by atoms with Crippen LogP contribution in [-0.4, -0.2) is 20.1 Å². The van der Waals surface area contributed by atoms with E-state index in [2.05, 4.69) is 26.2 Å². The minimum absolute atomic E-state index is 0.662. The maximum absolute atomic E-state index is 10.5. The minimum atomic E-state index is -1.08. The molecular formula is C11H12BrN3O. The smallest absolute Gasteiger partial charge is 0.130 e. The topological polar surface area (TPSA) is 50.9 Å². The Balaban J connectivity index is 2.46. The van der Waals surface area contributed by atoms with Gasteiger partial charge in [-0.2, -0.15) is 0 Å². The van der Waals surface area contributed by atoms with Gasteiger partial charge in [0.15, 0.2) is 0 Å². The Morgan fingerprint density at radius 3 is 2.44 bits per heavy atom. The van der Waals surface area contributed by atoms with Gasteiger partial charge in [-0.15, -0.1) is 5.10 Å². The lowest BCUT2D eigenvalue weighted by Gasteiger charge is -2.23. The van der Waals surface area contributed by atoms with Crippen LogP contribution in [-0.2, 0) is 12.6 Å². The van der Waals surface area contributed by atoms with Gasteiger partial charge in [0.05, 0.1) is 11.9 Å². The highest BCUT2D eigenvalue weighted by Crippen LogP contribution is 2.28. The van der Waals surface area contributed by atoms with Crippen LogP contribution in [0.2, 0.25) is 0 Å². The van der Waals surface area contributed by atoms with Gasteiger partial charge in [-0.25, -0.2) is 4.68 Å². The van der Waals surface area contributed by atoms with Crippen molar-refractivity contribution in [1.82, 2.24) is 15.0 Å². The van der Waals surface area contributed by atoms with E-state index in [0.717, 1.165) is 10.0 Å². The molecule has 5 heteroatoms. The van der Waals surface area contributed by atoms with E-state index in [1.165, 1.54) is 0 Å². The molecule has 1 aromatic carbocycles. The van der Waals surface area contributed by atoms with Gasteiger partial charge >= 0.3 is 0 Å². The molecule has 0 aliphatic carbocycles. The third kappa shape index (κ3) is 1.88. The number of hydrogen-bond acceptors (Lipinski definition) is 3. The van der Waals surface area contributed by atoms with Gasteiger partial charge < -0.3 is 5.11 Å². The van der Waals surface area contributed by atoms with Crippen molar-refractivity contribution < 1.29 is 5.11 Å². The molecule has 0 fully saturated rings. The normalized spacial score (nSPS) is 14.8. The Morgan fingerprint density at radius 2 is 1.94 bits per heavy atom. The molecule has 0 bridgehead atoms. The second-order valence-corrected chi connectivity index (χ2v) is 4.74. The van der Waals surface area contributed by atoms with Crippen molar-refractivity contribution in [2.45, 2.75) is 12.5 Å². The molecule has 1 N–H and O–H groups in total. The lowest BCUT2D eigenvalue weighted by Crippen LogP contribution is -2.25. The molecule has 1 heterocycles. The van der Waals surface area contributed by atoms with E-state index in [0.29, 0.717) is 5.69 Å². The monoisotopic (exact) mass is 281 g/mol. The molecule has 0 radical (unpaired) electrons. The highest BCUT2D eigenvalue weighted by molar-refractivity contribution is 9.10. The van der Waals surface area contributed by atoms with Crippen molar-refractivity contribution in [2.75, 3.05) is 0 Å². The van der Waals surface area contributed by atoms with Crippen molar-refractivity contribution in [1.29, 1.82) is 0 Å². The van der Waals surface area contributed by atoms with Gasteiger partial charge in [0.2, 0.25) is 0 Å². The van der Waals surface area contributed by atoms with Crippen molar-refractivity contribution in [3.05, 3.63) is 46.2 Å². The van der Waals surface area contributed by atoms with Crippen LogP contribution >= 0.6 is 15.9 Å². The van der Waals surface area contributed by atoms with E-state index in [1.54, 1.807) is 24.9 Å². The van der Waals surface area contributed by atoms with Gasteiger partial charge in [-0.3, -0.25) is 0 Å². The number of hydrogen-bond donors (Lipinski definition) is 1. The number of halogens is 1. The van der Waals surface area contributed by atoms with Crippen LogP contribution in [0.5, 0.6) is 0 Å². The van der Waals surface area contributed by atoms with Gasteiger partial charge in [-0.1, -0.05) is 33.3 Å². The average molecular weight is 282 g/mol. The standard InChI is InChI=1S/C11H12BrN3O/c1-11(16,10-7-13-14-15(10)2)8-3-5-9(12)6-4-8/h3-7,16H,1-2H3. The third-order valence-corrected chi connectivity index (χ3v) is 3.15. The largest absolute Gasteiger partial charge is 0.379 e. The predicted molar refractivity (Wildman–Crippen MR) is 63.8 cm³/mol. The van der Waals surface area contributed by atoms with Crippen LogP contribution in [0.1, 0.15) is 18.2 Å². The van der Waals surface area contributed by atoms with Crippen LogP contribution in [0.15, 0.2) is 34.9 Å². The van der Waals surface area contributed by atoms with E-state index in [1.807, 2.05) is 24.3 Å². The van der Waals surface area contributed by atoms with Gasteiger partial charge in [0, 0.05) is 11.5 Å². The maximum atomic E-state index is 10.5. The summed E-state index contributed by atoms with van der Waals surface area (Å²) < 4.78 is 2.55. The Hall–Kier alpha value is -1.20. The molecule has 0 amide bonds. The van der Waals surface area contributed by atoms with E-state index in [4.69, 9.17) is 0 Å². The molecule has 0 spiro atoms. The summed E-state index contributed by atoms with van der Waals surface area (Å²) in [5, 5.41) is 18.1. The molecule has 0 aliphatic heterocycles. The first-order chi connectivity index (χ1) is 7.51. The van der Waals surface area contributed by atoms with Gasteiger partial charge in [-0.05, 0) is 24.6 Å². The van der Waals surface area contributed by atoms with E-state index in [-0.39, 0.29) is 0 Å². The molecule has 2 rings (SSSR count). The molecule has 4 nitrogen and oxygen atoms in total. The summed E-state index contributed by atoms with van der Waals surface area (Å²) in [4.78, 5) is 0. The first kappa shape index (κ1) is 11.3. The highest BCUT2D eigenvalue weighted by Gasteiger charge is 2.29. The molecule has 2 aromatic rings. The summed E-state index contributed by atoms with van der Waals surface area (Å²) in [5.74, 6) is 0. The molecule has 1 aromatic heterocycles. The van der Waals surface area contributed by atoms with Crippen LogP contribution in [0.4, 0.5) is 0 Å². The predicted octanol–water partition coefficient (Wildman–Crippen LogP) is 1.83. The zero-order chi connectivity index (χ0) is 11.8. The van der Waals surface area contributed by atoms with E-state index in [9.17, 15) is 5.11 Å². The summed E-state index contributed by atoms with van der Waals surface area (Å²) in [5.41, 5.74) is 0.384. The minimum Gasteiger partial charge on any atom is -0.379 e. The number of rotatable bonds is 2. The molecule has 0 saturated heterocycles. The van der Waals surface area contributed by atoms with E-state index < -0.39 is 5.60 Å². The fraction of sp³-hybridized carbons (Fsp3) is 0.273. The first-order valence-corrected chi connectivity index (χ1v) is 5.64. The lowest BCUT2D eigenvalue weighted by molar-refractivity contribution is 0.0929. The van der Waals surface area contributed by atoms with Gasteiger partial charge in [0.1, 0.15) is 5.60 Å². The third-order valence-electron chi connectivity index (χ3n) is 2.62. The second kappa shape index (κ2) is 3.99. The molecule has 1 unspecified atom stereocenters. The number of aryl methyl sites for hydroxylation is 1. The highest BCUT2D eigenvalue weighted by atomic mass is 79.9. The Bertz CT molecular complexity index is 490. The summed E-state index contributed by atoms with van der Waals surface area (Å²) in [6.07, 6.45) is 1.57. The summed E-state index contributed by atoms with van der Waals surface area (Å²) in [7, 11) is 1.76. The fourth-order valence-corrected chi connectivity index (χ4v) is 1.92. The SMILES string of the molecule is Cn1nncc1C(C)(O)c1ccc(Br)cc1. The molecular weight excluding hydrogens is 270 g/mol. The molecule has 1 atom stereocenters.